The normalized spacial score (nSPS) is 19.8. The van der Waals surface area contributed by atoms with Crippen molar-refractivity contribution in [1.82, 2.24) is 14.4 Å². The zero-order valence-corrected chi connectivity index (χ0v) is 17.3. The number of hydrogen-bond donors (Lipinski definition) is 0. The first-order valence-corrected chi connectivity index (χ1v) is 11.1. The number of aromatic nitrogens is 1. The van der Waals surface area contributed by atoms with Gasteiger partial charge in [0.1, 0.15) is 11.5 Å². The van der Waals surface area contributed by atoms with Crippen molar-refractivity contribution in [3.63, 3.8) is 0 Å². The predicted octanol–water partition coefficient (Wildman–Crippen LogP) is 4.53. The Labute approximate surface area is 176 Å². The standard InChI is InChI=1S/C25H28FN3O/c26-22-11-3-1-9-20(22)17-29-23-12-4-2-8-19(23)16-24(29)25(30)28-15-7-10-21(28)18-27-13-5-6-14-27/h1-4,8-9,11-12,16,21H,5-7,10,13-15,17-18H2. The summed E-state index contributed by atoms with van der Waals surface area (Å²) in [7, 11) is 0. The van der Waals surface area contributed by atoms with E-state index in [0.29, 0.717) is 17.8 Å². The third-order valence-corrected chi connectivity index (χ3v) is 6.62. The first kappa shape index (κ1) is 19.3. The van der Waals surface area contributed by atoms with Gasteiger partial charge in [-0.05, 0) is 57.0 Å². The highest BCUT2D eigenvalue weighted by molar-refractivity contribution is 5.99. The molecule has 0 radical (unpaired) electrons. The van der Waals surface area contributed by atoms with Crippen LogP contribution in [0.2, 0.25) is 0 Å². The number of fused-ring (bicyclic) bond motifs is 1. The average molecular weight is 406 g/mol. The molecule has 5 heteroatoms. The highest BCUT2D eigenvalue weighted by atomic mass is 19.1. The van der Waals surface area contributed by atoms with Crippen LogP contribution in [-0.2, 0) is 6.54 Å². The molecule has 0 saturated carbocycles. The van der Waals surface area contributed by atoms with E-state index in [-0.39, 0.29) is 17.8 Å². The van der Waals surface area contributed by atoms with E-state index < -0.39 is 0 Å². The number of halogens is 1. The second kappa shape index (κ2) is 8.23. The Morgan fingerprint density at radius 3 is 2.57 bits per heavy atom. The molecule has 2 aliphatic rings. The van der Waals surface area contributed by atoms with Crippen molar-refractivity contribution in [1.29, 1.82) is 0 Å². The summed E-state index contributed by atoms with van der Waals surface area (Å²) in [6.07, 6.45) is 4.64. The first-order chi connectivity index (χ1) is 14.7. The summed E-state index contributed by atoms with van der Waals surface area (Å²) in [5, 5.41) is 1.02. The number of amides is 1. The van der Waals surface area contributed by atoms with Crippen LogP contribution in [0.3, 0.4) is 0 Å². The zero-order valence-electron chi connectivity index (χ0n) is 17.3. The summed E-state index contributed by atoms with van der Waals surface area (Å²) >= 11 is 0. The Balaban J connectivity index is 1.48. The third-order valence-electron chi connectivity index (χ3n) is 6.62. The lowest BCUT2D eigenvalue weighted by Gasteiger charge is -2.29. The molecule has 2 fully saturated rings. The number of hydrogen-bond acceptors (Lipinski definition) is 2. The molecule has 2 saturated heterocycles. The van der Waals surface area contributed by atoms with Crippen molar-refractivity contribution >= 4 is 16.8 Å². The minimum Gasteiger partial charge on any atom is -0.333 e. The molecule has 1 atom stereocenters. The van der Waals surface area contributed by atoms with E-state index >= 15 is 0 Å². The largest absolute Gasteiger partial charge is 0.333 e. The topological polar surface area (TPSA) is 28.5 Å². The molecule has 0 aliphatic carbocycles. The Hall–Kier alpha value is -2.66. The van der Waals surface area contributed by atoms with Gasteiger partial charge in [-0.25, -0.2) is 4.39 Å². The molecular weight excluding hydrogens is 377 g/mol. The lowest BCUT2D eigenvalue weighted by molar-refractivity contribution is 0.0699. The smallest absolute Gasteiger partial charge is 0.270 e. The Morgan fingerprint density at radius 1 is 0.967 bits per heavy atom. The van der Waals surface area contributed by atoms with E-state index in [1.165, 1.54) is 18.9 Å². The number of carbonyl (C=O) groups excluding carboxylic acids is 1. The van der Waals surface area contributed by atoms with Gasteiger partial charge in [-0.2, -0.15) is 0 Å². The fourth-order valence-electron chi connectivity index (χ4n) is 5.06. The van der Waals surface area contributed by atoms with Crippen LogP contribution in [0, 0.1) is 5.82 Å². The van der Waals surface area contributed by atoms with Gasteiger partial charge in [-0.15, -0.1) is 0 Å². The predicted molar refractivity (Wildman–Crippen MR) is 117 cm³/mol. The van der Waals surface area contributed by atoms with Gasteiger partial charge < -0.3 is 14.4 Å². The van der Waals surface area contributed by atoms with E-state index in [1.54, 1.807) is 12.1 Å². The van der Waals surface area contributed by atoms with Crippen molar-refractivity contribution < 1.29 is 9.18 Å². The summed E-state index contributed by atoms with van der Waals surface area (Å²) in [4.78, 5) is 18.2. The van der Waals surface area contributed by atoms with Crippen molar-refractivity contribution in [2.45, 2.75) is 38.3 Å². The molecule has 156 valence electrons. The molecule has 0 bridgehead atoms. The van der Waals surface area contributed by atoms with Crippen molar-refractivity contribution in [2.24, 2.45) is 0 Å². The maximum Gasteiger partial charge on any atom is 0.270 e. The summed E-state index contributed by atoms with van der Waals surface area (Å²) in [6, 6.07) is 17.1. The van der Waals surface area contributed by atoms with Crippen LogP contribution < -0.4 is 0 Å². The molecule has 2 aliphatic heterocycles. The van der Waals surface area contributed by atoms with E-state index in [2.05, 4.69) is 9.80 Å². The highest BCUT2D eigenvalue weighted by Gasteiger charge is 2.33. The first-order valence-electron chi connectivity index (χ1n) is 11.1. The van der Waals surface area contributed by atoms with Crippen molar-refractivity contribution in [3.8, 4) is 0 Å². The fraction of sp³-hybridized carbons (Fsp3) is 0.400. The number of nitrogens with zero attached hydrogens (tertiary/aromatic N) is 3. The number of para-hydroxylation sites is 1. The third kappa shape index (κ3) is 3.63. The maximum absolute atomic E-state index is 14.4. The number of carbonyl (C=O) groups is 1. The van der Waals surface area contributed by atoms with Gasteiger partial charge in [-0.1, -0.05) is 36.4 Å². The van der Waals surface area contributed by atoms with Gasteiger partial charge in [0.25, 0.3) is 5.91 Å². The molecule has 4 nitrogen and oxygen atoms in total. The molecule has 2 aromatic carbocycles. The second-order valence-corrected chi connectivity index (χ2v) is 8.57. The van der Waals surface area contributed by atoms with Crippen LogP contribution >= 0.6 is 0 Å². The molecule has 0 N–H and O–H groups in total. The second-order valence-electron chi connectivity index (χ2n) is 8.57. The van der Waals surface area contributed by atoms with E-state index in [9.17, 15) is 9.18 Å². The van der Waals surface area contributed by atoms with Crippen LogP contribution in [0.25, 0.3) is 10.9 Å². The van der Waals surface area contributed by atoms with E-state index in [1.807, 2.05) is 41.0 Å². The van der Waals surface area contributed by atoms with Crippen molar-refractivity contribution in [2.75, 3.05) is 26.2 Å². The van der Waals surface area contributed by atoms with Gasteiger partial charge in [0.2, 0.25) is 0 Å². The van der Waals surface area contributed by atoms with Gasteiger partial charge in [0.15, 0.2) is 0 Å². The van der Waals surface area contributed by atoms with Crippen LogP contribution in [0.15, 0.2) is 54.6 Å². The van der Waals surface area contributed by atoms with E-state index in [4.69, 9.17) is 0 Å². The minimum atomic E-state index is -0.234. The number of benzene rings is 2. The molecule has 3 aromatic rings. The van der Waals surface area contributed by atoms with Crippen LogP contribution in [0.4, 0.5) is 4.39 Å². The molecule has 1 amide bonds. The lowest BCUT2D eigenvalue weighted by atomic mass is 10.2. The minimum absolute atomic E-state index is 0.0734. The van der Waals surface area contributed by atoms with Crippen molar-refractivity contribution in [3.05, 3.63) is 71.7 Å². The molecule has 0 spiro atoms. The lowest BCUT2D eigenvalue weighted by Crippen LogP contribution is -2.43. The molecule has 5 rings (SSSR count). The zero-order chi connectivity index (χ0) is 20.5. The summed E-state index contributed by atoms with van der Waals surface area (Å²) < 4.78 is 16.4. The summed E-state index contributed by atoms with van der Waals surface area (Å²) in [5.41, 5.74) is 2.23. The quantitative estimate of drug-likeness (QED) is 0.624. The fourth-order valence-corrected chi connectivity index (χ4v) is 5.06. The monoisotopic (exact) mass is 405 g/mol. The molecule has 30 heavy (non-hydrogen) atoms. The summed E-state index contributed by atoms with van der Waals surface area (Å²) in [6.45, 7) is 4.42. The molecule has 3 heterocycles. The van der Waals surface area contributed by atoms with E-state index in [0.717, 1.165) is 49.9 Å². The maximum atomic E-state index is 14.4. The van der Waals surface area contributed by atoms with Gasteiger partial charge in [0.05, 0.1) is 6.54 Å². The Bertz CT molecular complexity index is 1050. The molecular formula is C25H28FN3O. The van der Waals surface area contributed by atoms with Gasteiger partial charge in [-0.3, -0.25) is 4.79 Å². The highest BCUT2D eigenvalue weighted by Crippen LogP contribution is 2.27. The van der Waals surface area contributed by atoms with Crippen LogP contribution in [0.5, 0.6) is 0 Å². The van der Waals surface area contributed by atoms with Gasteiger partial charge in [0, 0.05) is 35.6 Å². The Kier molecular flexibility index (Phi) is 5.30. The molecule has 1 aromatic heterocycles. The van der Waals surface area contributed by atoms with Crippen LogP contribution in [0.1, 0.15) is 41.7 Å². The average Bonchev–Trinajstić information content (AvgIpc) is 3.50. The van der Waals surface area contributed by atoms with Gasteiger partial charge >= 0.3 is 0 Å². The summed E-state index contributed by atoms with van der Waals surface area (Å²) in [5.74, 6) is -0.161. The number of rotatable bonds is 5. The molecule has 1 unspecified atom stereocenters. The Morgan fingerprint density at radius 2 is 1.73 bits per heavy atom. The SMILES string of the molecule is O=C(c1cc2ccccc2n1Cc1ccccc1F)N1CCCC1CN1CCCC1. The van der Waals surface area contributed by atoms with Crippen LogP contribution in [-0.4, -0.2) is 52.5 Å². The number of likely N-dealkylation sites (tertiary alicyclic amines) is 2.